The van der Waals surface area contributed by atoms with E-state index in [0.29, 0.717) is 11.4 Å². The van der Waals surface area contributed by atoms with Crippen LogP contribution in [0.15, 0.2) is 48.5 Å². The molecule has 0 saturated carbocycles. The molecule has 2 rings (SSSR count). The third-order valence-electron chi connectivity index (χ3n) is 3.73. The first-order chi connectivity index (χ1) is 12.8. The van der Waals surface area contributed by atoms with Gasteiger partial charge in [-0.05, 0) is 44.5 Å². The average molecular weight is 369 g/mol. The molecule has 0 aliphatic heterocycles. The molecule has 27 heavy (non-hydrogen) atoms. The second-order valence-electron chi connectivity index (χ2n) is 6.16. The fourth-order valence-electron chi connectivity index (χ4n) is 2.35. The van der Waals surface area contributed by atoms with Crippen LogP contribution in [0.4, 0.5) is 16.2 Å². The van der Waals surface area contributed by atoms with Gasteiger partial charge in [-0.2, -0.15) is 0 Å². The maximum absolute atomic E-state index is 12.0. The number of benzene rings is 2. The van der Waals surface area contributed by atoms with Gasteiger partial charge in [-0.15, -0.1) is 0 Å². The summed E-state index contributed by atoms with van der Waals surface area (Å²) in [5.74, 6) is -1.15. The van der Waals surface area contributed by atoms with Crippen molar-refractivity contribution in [1.29, 1.82) is 0 Å². The van der Waals surface area contributed by atoms with Crippen molar-refractivity contribution >= 4 is 29.3 Å². The average Bonchev–Trinajstić information content (AvgIpc) is 2.62. The number of rotatable bonds is 6. The molecule has 0 radical (unpaired) electrons. The number of hydrogen-bond donors (Lipinski definition) is 3. The first-order valence-corrected chi connectivity index (χ1v) is 8.51. The number of para-hydroxylation sites is 1. The number of nitrogens with one attached hydrogen (secondary N) is 3. The SMILES string of the molecule is Cc1ccc(NC(=O)COC(=O)[C@H](C)NC(=O)Nc2ccccc2)c(C)c1. The molecule has 0 fully saturated rings. The molecule has 0 spiro atoms. The number of carbonyl (C=O) groups is 3. The van der Waals surface area contributed by atoms with Crippen LogP contribution in [-0.4, -0.2) is 30.6 Å². The van der Waals surface area contributed by atoms with Crippen molar-refractivity contribution in [3.05, 3.63) is 59.7 Å². The fourth-order valence-corrected chi connectivity index (χ4v) is 2.35. The van der Waals surface area contributed by atoms with Gasteiger partial charge in [0.1, 0.15) is 6.04 Å². The number of carbonyl (C=O) groups excluding carboxylic acids is 3. The molecule has 3 amide bonds. The van der Waals surface area contributed by atoms with Crippen LogP contribution in [0.1, 0.15) is 18.1 Å². The van der Waals surface area contributed by atoms with Crippen LogP contribution in [0.25, 0.3) is 0 Å². The smallest absolute Gasteiger partial charge is 0.328 e. The van der Waals surface area contributed by atoms with E-state index in [2.05, 4.69) is 16.0 Å². The molecular formula is C20H23N3O4. The second kappa shape index (κ2) is 9.38. The quantitative estimate of drug-likeness (QED) is 0.682. The Morgan fingerprint density at radius 1 is 1.00 bits per heavy atom. The molecule has 0 saturated heterocycles. The molecule has 7 nitrogen and oxygen atoms in total. The van der Waals surface area contributed by atoms with E-state index in [1.54, 1.807) is 30.3 Å². The second-order valence-corrected chi connectivity index (χ2v) is 6.16. The van der Waals surface area contributed by atoms with Crippen molar-refractivity contribution in [1.82, 2.24) is 5.32 Å². The van der Waals surface area contributed by atoms with Crippen LogP contribution < -0.4 is 16.0 Å². The van der Waals surface area contributed by atoms with Crippen molar-refractivity contribution in [2.24, 2.45) is 0 Å². The highest BCUT2D eigenvalue weighted by Crippen LogP contribution is 2.15. The molecule has 3 N–H and O–H groups in total. The van der Waals surface area contributed by atoms with Gasteiger partial charge in [0.15, 0.2) is 6.61 Å². The number of amides is 3. The zero-order chi connectivity index (χ0) is 19.8. The molecule has 2 aromatic rings. The Hall–Kier alpha value is -3.35. The lowest BCUT2D eigenvalue weighted by atomic mass is 10.1. The van der Waals surface area contributed by atoms with E-state index in [1.807, 2.05) is 32.0 Å². The molecule has 0 bridgehead atoms. The number of hydrogen-bond acceptors (Lipinski definition) is 4. The first-order valence-electron chi connectivity index (χ1n) is 8.51. The van der Waals surface area contributed by atoms with Crippen LogP contribution in [0.2, 0.25) is 0 Å². The largest absolute Gasteiger partial charge is 0.454 e. The maximum atomic E-state index is 12.0. The number of anilines is 2. The summed E-state index contributed by atoms with van der Waals surface area (Å²) in [7, 11) is 0. The summed E-state index contributed by atoms with van der Waals surface area (Å²) in [6, 6.07) is 13.0. The fraction of sp³-hybridized carbons (Fsp3) is 0.250. The summed E-state index contributed by atoms with van der Waals surface area (Å²) in [6.45, 7) is 4.89. The molecule has 0 heterocycles. The van der Waals surface area contributed by atoms with E-state index in [-0.39, 0.29) is 0 Å². The summed E-state index contributed by atoms with van der Waals surface area (Å²) in [6.07, 6.45) is 0. The van der Waals surface area contributed by atoms with Gasteiger partial charge in [0.05, 0.1) is 0 Å². The summed E-state index contributed by atoms with van der Waals surface area (Å²) in [5.41, 5.74) is 3.27. The molecular weight excluding hydrogens is 346 g/mol. The van der Waals surface area contributed by atoms with Crippen molar-refractivity contribution in [2.45, 2.75) is 26.8 Å². The maximum Gasteiger partial charge on any atom is 0.328 e. The van der Waals surface area contributed by atoms with Crippen LogP contribution in [0, 0.1) is 13.8 Å². The van der Waals surface area contributed by atoms with Crippen molar-refractivity contribution in [3.8, 4) is 0 Å². The molecule has 0 aliphatic carbocycles. The highest BCUT2D eigenvalue weighted by molar-refractivity contribution is 5.95. The molecule has 0 aliphatic rings. The van der Waals surface area contributed by atoms with Gasteiger partial charge in [-0.1, -0.05) is 35.9 Å². The topological polar surface area (TPSA) is 96.5 Å². The van der Waals surface area contributed by atoms with Gasteiger partial charge < -0.3 is 20.7 Å². The Morgan fingerprint density at radius 2 is 1.70 bits per heavy atom. The van der Waals surface area contributed by atoms with Gasteiger partial charge in [0.2, 0.25) is 0 Å². The Balaban J connectivity index is 1.76. The number of aryl methyl sites for hydroxylation is 2. The Morgan fingerprint density at radius 3 is 2.37 bits per heavy atom. The van der Waals surface area contributed by atoms with Gasteiger partial charge in [0, 0.05) is 11.4 Å². The van der Waals surface area contributed by atoms with Gasteiger partial charge in [-0.3, -0.25) is 4.79 Å². The Bertz CT molecular complexity index is 821. The predicted octanol–water partition coefficient (Wildman–Crippen LogP) is 3.00. The lowest BCUT2D eigenvalue weighted by Crippen LogP contribution is -2.42. The molecule has 7 heteroatoms. The van der Waals surface area contributed by atoms with E-state index in [1.165, 1.54) is 6.92 Å². The minimum absolute atomic E-state index is 0.432. The van der Waals surface area contributed by atoms with E-state index in [9.17, 15) is 14.4 Å². The zero-order valence-corrected chi connectivity index (χ0v) is 15.5. The lowest BCUT2D eigenvalue weighted by Gasteiger charge is -2.14. The van der Waals surface area contributed by atoms with Crippen LogP contribution in [0.5, 0.6) is 0 Å². The molecule has 142 valence electrons. The molecule has 1 atom stereocenters. The van der Waals surface area contributed by atoms with E-state index >= 15 is 0 Å². The first kappa shape index (κ1) is 20.0. The van der Waals surface area contributed by atoms with Gasteiger partial charge in [-0.25, -0.2) is 9.59 Å². The lowest BCUT2D eigenvalue weighted by molar-refractivity contribution is -0.148. The van der Waals surface area contributed by atoms with Crippen LogP contribution >= 0.6 is 0 Å². The van der Waals surface area contributed by atoms with E-state index in [4.69, 9.17) is 4.74 Å². The number of urea groups is 1. The monoisotopic (exact) mass is 369 g/mol. The summed E-state index contributed by atoms with van der Waals surface area (Å²) < 4.78 is 4.96. The van der Waals surface area contributed by atoms with Crippen LogP contribution in [-0.2, 0) is 14.3 Å². The summed E-state index contributed by atoms with van der Waals surface area (Å²) >= 11 is 0. The molecule has 0 aromatic heterocycles. The highest BCUT2D eigenvalue weighted by atomic mass is 16.5. The summed E-state index contributed by atoms with van der Waals surface area (Å²) in [4.78, 5) is 35.8. The van der Waals surface area contributed by atoms with E-state index in [0.717, 1.165) is 11.1 Å². The number of esters is 1. The Kier molecular flexibility index (Phi) is 6.93. The highest BCUT2D eigenvalue weighted by Gasteiger charge is 2.18. The van der Waals surface area contributed by atoms with E-state index < -0.39 is 30.6 Å². The Labute approximate surface area is 158 Å². The third kappa shape index (κ3) is 6.47. The van der Waals surface area contributed by atoms with Crippen molar-refractivity contribution in [2.75, 3.05) is 17.2 Å². The van der Waals surface area contributed by atoms with Gasteiger partial charge in [0.25, 0.3) is 5.91 Å². The minimum atomic E-state index is -0.900. The van der Waals surface area contributed by atoms with Crippen LogP contribution in [0.3, 0.4) is 0 Å². The zero-order valence-electron chi connectivity index (χ0n) is 15.5. The standard InChI is InChI=1S/C20H23N3O4/c1-13-9-10-17(14(2)11-13)23-18(24)12-27-19(25)15(3)21-20(26)22-16-7-5-4-6-8-16/h4-11,15H,12H2,1-3H3,(H,23,24)(H2,21,22,26)/t15-/m0/s1. The van der Waals surface area contributed by atoms with Crippen molar-refractivity contribution < 1.29 is 19.1 Å². The van der Waals surface area contributed by atoms with Crippen molar-refractivity contribution in [3.63, 3.8) is 0 Å². The van der Waals surface area contributed by atoms with Gasteiger partial charge >= 0.3 is 12.0 Å². The number of ether oxygens (including phenoxy) is 1. The normalized spacial score (nSPS) is 11.2. The molecule has 2 aromatic carbocycles. The molecule has 0 unspecified atom stereocenters. The summed E-state index contributed by atoms with van der Waals surface area (Å²) in [5, 5.41) is 7.75. The minimum Gasteiger partial charge on any atom is -0.454 e. The predicted molar refractivity (Wildman–Crippen MR) is 104 cm³/mol. The third-order valence-corrected chi connectivity index (χ3v) is 3.73.